The molecule has 0 aromatic carbocycles. The highest BCUT2D eigenvalue weighted by Crippen LogP contribution is 1.94. The fraction of sp³-hybridized carbons (Fsp3) is 0.500. The van der Waals surface area contributed by atoms with Gasteiger partial charge in [-0.15, -0.1) is 0 Å². The van der Waals surface area contributed by atoms with Crippen molar-refractivity contribution >= 4 is 27.6 Å². The summed E-state index contributed by atoms with van der Waals surface area (Å²) in [4.78, 5) is 24.3. The van der Waals surface area contributed by atoms with Gasteiger partial charge in [-0.25, -0.2) is 0 Å². The summed E-state index contributed by atoms with van der Waals surface area (Å²) in [6.45, 7) is 1.76. The van der Waals surface area contributed by atoms with E-state index in [9.17, 15) is 14.9 Å². The van der Waals surface area contributed by atoms with Crippen LogP contribution in [0.2, 0.25) is 0 Å². The van der Waals surface area contributed by atoms with E-state index in [0.717, 1.165) is 6.08 Å². The van der Waals surface area contributed by atoms with Gasteiger partial charge >= 0.3 is 11.8 Å². The van der Waals surface area contributed by atoms with Gasteiger partial charge in [0.15, 0.2) is 0 Å². The summed E-state index contributed by atoms with van der Waals surface area (Å²) in [6.07, 6.45) is 1.09. The first kappa shape index (κ1) is 14.6. The van der Waals surface area contributed by atoms with Crippen LogP contribution in [-0.4, -0.2) is 35.1 Å². The van der Waals surface area contributed by atoms with Crippen molar-refractivity contribution in [1.29, 1.82) is 0 Å². The Morgan fingerprint density at radius 2 is 2.31 bits per heavy atom. The number of alkyl halides is 1. The second-order valence-electron chi connectivity index (χ2n) is 2.57. The third-order valence-corrected chi connectivity index (χ3v) is 1.95. The van der Waals surface area contributed by atoms with Crippen molar-refractivity contribution in [3.8, 4) is 0 Å². The van der Waals surface area contributed by atoms with E-state index in [0.29, 0.717) is 5.71 Å². The summed E-state index contributed by atoms with van der Waals surface area (Å²) in [6, 6.07) is 0. The molecule has 16 heavy (non-hydrogen) atoms. The monoisotopic (exact) mass is 293 g/mol. The number of hydrogen-bond donors (Lipinski definition) is 1. The molecule has 0 unspecified atom stereocenters. The molecule has 0 aliphatic carbocycles. The number of nitrogens with zero attached hydrogens (tertiary/aromatic N) is 2. The van der Waals surface area contributed by atoms with Crippen LogP contribution in [0.4, 0.5) is 0 Å². The lowest BCUT2D eigenvalue weighted by atomic mass is 10.4. The summed E-state index contributed by atoms with van der Waals surface area (Å²) in [5.74, 6) is -1.02. The second kappa shape index (κ2) is 7.80. The molecule has 0 bridgehead atoms. The van der Waals surface area contributed by atoms with Crippen LogP contribution in [0, 0.1) is 10.1 Å². The van der Waals surface area contributed by atoms with E-state index >= 15 is 0 Å². The van der Waals surface area contributed by atoms with Gasteiger partial charge in [-0.3, -0.25) is 15.5 Å². The van der Waals surface area contributed by atoms with Crippen LogP contribution in [-0.2, 0) is 9.53 Å². The van der Waals surface area contributed by atoms with Gasteiger partial charge in [-0.05, 0) is 11.8 Å². The first-order chi connectivity index (χ1) is 7.51. The van der Waals surface area contributed by atoms with Crippen LogP contribution < -0.4 is 5.73 Å². The molecule has 0 amide bonds. The third-order valence-electron chi connectivity index (χ3n) is 1.38. The summed E-state index contributed by atoms with van der Waals surface area (Å²) < 4.78 is 4.64. The Bertz CT molecular complexity index is 327. The van der Waals surface area contributed by atoms with Crippen molar-refractivity contribution in [1.82, 2.24) is 0 Å². The van der Waals surface area contributed by atoms with Crippen LogP contribution in [0.25, 0.3) is 0 Å². The Labute approximate surface area is 101 Å². The number of nitrogens with two attached hydrogens (primary N) is 1. The number of ether oxygens (including phenoxy) is 1. The van der Waals surface area contributed by atoms with Crippen molar-refractivity contribution in [3.63, 3.8) is 0 Å². The van der Waals surface area contributed by atoms with E-state index in [4.69, 9.17) is 5.73 Å². The van der Waals surface area contributed by atoms with Gasteiger partial charge in [0.25, 0.3) is 0 Å². The topological polar surface area (TPSA) is 108 Å². The largest absolute Gasteiger partial charge is 0.465 e. The second-order valence-corrected chi connectivity index (χ2v) is 3.13. The molecule has 0 saturated heterocycles. The minimum absolute atomic E-state index is 0.184. The predicted octanol–water partition coefficient (Wildman–Crippen LogP) is 0.462. The first-order valence-corrected chi connectivity index (χ1v) is 5.49. The minimum Gasteiger partial charge on any atom is -0.465 e. The molecule has 0 atom stereocenters. The standard InChI is InChI=1S/C8H12BrN3O4/c1-2-16-8(13)5-11-6(4-9)3-7(10)12(14)15/h3H,2,4-5,10H2,1H3. The third kappa shape index (κ3) is 6.12. The summed E-state index contributed by atoms with van der Waals surface area (Å²) >= 11 is 3.08. The highest BCUT2D eigenvalue weighted by Gasteiger charge is 2.05. The molecule has 0 rings (SSSR count). The van der Waals surface area contributed by atoms with Gasteiger partial charge in [0, 0.05) is 5.33 Å². The van der Waals surface area contributed by atoms with Crippen molar-refractivity contribution in [2.45, 2.75) is 6.92 Å². The van der Waals surface area contributed by atoms with E-state index in [1.807, 2.05) is 0 Å². The zero-order valence-corrected chi connectivity index (χ0v) is 10.3. The number of halogens is 1. The smallest absolute Gasteiger partial charge is 0.327 e. The number of allylic oxidation sites excluding steroid dienone is 1. The minimum atomic E-state index is -0.734. The van der Waals surface area contributed by atoms with Crippen LogP contribution in [0.3, 0.4) is 0 Å². The maximum absolute atomic E-state index is 11.0. The summed E-state index contributed by atoms with van der Waals surface area (Å²) in [7, 11) is 0. The fourth-order valence-corrected chi connectivity index (χ4v) is 1.06. The quantitative estimate of drug-likeness (QED) is 0.252. The maximum atomic E-state index is 11.0. The molecule has 0 aliphatic rings. The number of aliphatic imine (C=N–C) groups is 1. The Balaban J connectivity index is 4.50. The zero-order chi connectivity index (χ0) is 12.6. The van der Waals surface area contributed by atoms with Crippen LogP contribution in [0.5, 0.6) is 0 Å². The molecule has 0 aromatic heterocycles. The lowest BCUT2D eigenvalue weighted by Crippen LogP contribution is -2.14. The molecule has 0 spiro atoms. The number of rotatable bonds is 6. The van der Waals surface area contributed by atoms with E-state index in [1.165, 1.54) is 0 Å². The molecule has 2 N–H and O–H groups in total. The molecule has 0 saturated carbocycles. The Kier molecular flexibility index (Phi) is 7.10. The maximum Gasteiger partial charge on any atom is 0.327 e. The van der Waals surface area contributed by atoms with E-state index in [1.54, 1.807) is 6.92 Å². The van der Waals surface area contributed by atoms with E-state index in [-0.39, 0.29) is 18.5 Å². The van der Waals surface area contributed by atoms with Crippen molar-refractivity contribution < 1.29 is 14.5 Å². The highest BCUT2D eigenvalue weighted by atomic mass is 79.9. The summed E-state index contributed by atoms with van der Waals surface area (Å²) in [5.41, 5.74) is 5.41. The molecule has 0 radical (unpaired) electrons. The van der Waals surface area contributed by atoms with Gasteiger partial charge in [0.2, 0.25) is 0 Å². The van der Waals surface area contributed by atoms with Gasteiger partial charge in [0.1, 0.15) is 6.54 Å². The number of carbonyl (C=O) groups excluding carboxylic acids is 1. The lowest BCUT2D eigenvalue weighted by Gasteiger charge is -1.99. The van der Waals surface area contributed by atoms with Gasteiger partial charge in [-0.1, -0.05) is 15.9 Å². The Hall–Kier alpha value is -1.44. The Morgan fingerprint density at radius 1 is 1.69 bits per heavy atom. The SMILES string of the molecule is CCOC(=O)CN=C(C=C(N)[N+](=O)[O-])CBr. The zero-order valence-electron chi connectivity index (χ0n) is 8.68. The predicted molar refractivity (Wildman–Crippen MR) is 62.0 cm³/mol. The van der Waals surface area contributed by atoms with Gasteiger partial charge < -0.3 is 14.9 Å². The molecule has 8 heteroatoms. The molecule has 0 heterocycles. The van der Waals surface area contributed by atoms with Gasteiger partial charge in [-0.2, -0.15) is 0 Å². The van der Waals surface area contributed by atoms with Crippen LogP contribution >= 0.6 is 15.9 Å². The Morgan fingerprint density at radius 3 is 2.75 bits per heavy atom. The number of hydrogen-bond acceptors (Lipinski definition) is 6. The fourth-order valence-electron chi connectivity index (χ4n) is 0.723. The molecule has 0 aromatic rings. The van der Waals surface area contributed by atoms with Gasteiger partial charge in [0.05, 0.1) is 18.4 Å². The van der Waals surface area contributed by atoms with E-state index in [2.05, 4.69) is 25.7 Å². The first-order valence-electron chi connectivity index (χ1n) is 4.37. The van der Waals surface area contributed by atoms with Crippen LogP contribution in [0.1, 0.15) is 6.92 Å². The molecule has 7 nitrogen and oxygen atoms in total. The van der Waals surface area contributed by atoms with Crippen molar-refractivity contribution in [3.05, 3.63) is 22.0 Å². The summed E-state index contributed by atoms with van der Waals surface area (Å²) in [5, 5.41) is 10.5. The average Bonchev–Trinajstić information content (AvgIpc) is 2.24. The average molecular weight is 294 g/mol. The lowest BCUT2D eigenvalue weighted by molar-refractivity contribution is -0.426. The van der Waals surface area contributed by atoms with Crippen LogP contribution in [0.15, 0.2) is 16.9 Å². The molecule has 0 aliphatic heterocycles. The van der Waals surface area contributed by atoms with E-state index < -0.39 is 16.7 Å². The normalized spacial score (nSPS) is 12.4. The van der Waals surface area contributed by atoms with Crippen molar-refractivity contribution in [2.75, 3.05) is 18.5 Å². The van der Waals surface area contributed by atoms with Crippen molar-refractivity contribution in [2.24, 2.45) is 10.7 Å². The molecular formula is C8H12BrN3O4. The molecule has 90 valence electrons. The molecular weight excluding hydrogens is 282 g/mol. The number of esters is 1. The number of carbonyl (C=O) groups is 1. The number of nitro groups is 1. The highest BCUT2D eigenvalue weighted by molar-refractivity contribution is 9.09. The molecule has 0 fully saturated rings.